The van der Waals surface area contributed by atoms with Gasteiger partial charge in [-0.05, 0) is 42.8 Å². The first-order chi connectivity index (χ1) is 8.49. The summed E-state index contributed by atoms with van der Waals surface area (Å²) in [5, 5.41) is 0. The van der Waals surface area contributed by atoms with E-state index in [-0.39, 0.29) is 11.4 Å². The van der Waals surface area contributed by atoms with Crippen molar-refractivity contribution in [2.24, 2.45) is 0 Å². The lowest BCUT2D eigenvalue weighted by atomic mass is 10.2. The van der Waals surface area contributed by atoms with Gasteiger partial charge in [0.15, 0.2) is 11.6 Å². The number of halogens is 3. The van der Waals surface area contributed by atoms with Crippen molar-refractivity contribution in [1.82, 2.24) is 0 Å². The first-order valence-corrected chi connectivity index (χ1v) is 5.96. The molecule has 0 fully saturated rings. The molecule has 0 heterocycles. The Morgan fingerprint density at radius 2 is 1.89 bits per heavy atom. The molecule has 5 heteroatoms. The number of ether oxygens (including phenoxy) is 1. The van der Waals surface area contributed by atoms with E-state index in [2.05, 4.69) is 15.9 Å². The standard InChI is InChI=1S/C13H10BrF2NO/c1-7-6-8(2-3-9(7)14)18-13-11(17)5-4-10(15)12(13)16/h2-6H,17H2,1H3. The number of nitrogens with two attached hydrogens (primary N) is 1. The van der Waals surface area contributed by atoms with Crippen LogP contribution in [0.4, 0.5) is 14.5 Å². The lowest BCUT2D eigenvalue weighted by molar-refractivity contribution is 0.418. The SMILES string of the molecule is Cc1cc(Oc2c(N)ccc(F)c2F)ccc1Br. The largest absolute Gasteiger partial charge is 0.452 e. The zero-order chi connectivity index (χ0) is 13.3. The molecule has 0 aliphatic carbocycles. The average molecular weight is 314 g/mol. The van der Waals surface area contributed by atoms with Crippen molar-refractivity contribution < 1.29 is 13.5 Å². The first kappa shape index (κ1) is 12.8. The van der Waals surface area contributed by atoms with Crippen molar-refractivity contribution in [3.05, 3.63) is 52.0 Å². The van der Waals surface area contributed by atoms with E-state index < -0.39 is 11.6 Å². The molecule has 0 aliphatic rings. The lowest BCUT2D eigenvalue weighted by Gasteiger charge is -2.10. The third-order valence-corrected chi connectivity index (χ3v) is 3.32. The second-order valence-corrected chi connectivity index (χ2v) is 4.65. The van der Waals surface area contributed by atoms with E-state index >= 15 is 0 Å². The highest BCUT2D eigenvalue weighted by Crippen LogP contribution is 2.33. The maximum atomic E-state index is 13.5. The van der Waals surface area contributed by atoms with Gasteiger partial charge in [0, 0.05) is 4.47 Å². The number of benzene rings is 2. The van der Waals surface area contributed by atoms with Crippen LogP contribution in [0.5, 0.6) is 11.5 Å². The van der Waals surface area contributed by atoms with E-state index in [1.165, 1.54) is 6.07 Å². The van der Waals surface area contributed by atoms with Crippen LogP contribution in [0.1, 0.15) is 5.56 Å². The highest BCUT2D eigenvalue weighted by atomic mass is 79.9. The van der Waals surface area contributed by atoms with Crippen LogP contribution in [-0.2, 0) is 0 Å². The van der Waals surface area contributed by atoms with Crippen LogP contribution < -0.4 is 10.5 Å². The van der Waals surface area contributed by atoms with E-state index in [0.29, 0.717) is 5.75 Å². The van der Waals surface area contributed by atoms with Crippen LogP contribution in [0.15, 0.2) is 34.8 Å². The van der Waals surface area contributed by atoms with Gasteiger partial charge in [0.1, 0.15) is 5.75 Å². The summed E-state index contributed by atoms with van der Waals surface area (Å²) in [5.74, 6) is -1.98. The van der Waals surface area contributed by atoms with Crippen LogP contribution in [0.2, 0.25) is 0 Å². The van der Waals surface area contributed by atoms with Gasteiger partial charge in [0.05, 0.1) is 5.69 Å². The van der Waals surface area contributed by atoms with Crippen molar-refractivity contribution in [1.29, 1.82) is 0 Å². The zero-order valence-corrected chi connectivity index (χ0v) is 11.1. The predicted molar refractivity (Wildman–Crippen MR) is 69.7 cm³/mol. The molecule has 0 saturated heterocycles. The van der Waals surface area contributed by atoms with Gasteiger partial charge < -0.3 is 10.5 Å². The van der Waals surface area contributed by atoms with Crippen LogP contribution in [0.3, 0.4) is 0 Å². The molecule has 0 aromatic heterocycles. The summed E-state index contributed by atoms with van der Waals surface area (Å²) < 4.78 is 32.8. The third-order valence-electron chi connectivity index (χ3n) is 2.43. The minimum atomic E-state index is -1.09. The molecule has 0 saturated carbocycles. The Balaban J connectivity index is 2.39. The number of nitrogen functional groups attached to an aromatic ring is 1. The Morgan fingerprint density at radius 1 is 1.17 bits per heavy atom. The Hall–Kier alpha value is -1.62. The van der Waals surface area contributed by atoms with E-state index in [9.17, 15) is 8.78 Å². The van der Waals surface area contributed by atoms with E-state index in [1.807, 2.05) is 6.92 Å². The molecule has 2 N–H and O–H groups in total. The number of rotatable bonds is 2. The summed E-state index contributed by atoms with van der Waals surface area (Å²) in [6.45, 7) is 1.86. The number of anilines is 1. The molecule has 2 rings (SSSR count). The molecule has 0 spiro atoms. The molecule has 2 aromatic carbocycles. The fourth-order valence-electron chi connectivity index (χ4n) is 1.45. The molecule has 0 unspecified atom stereocenters. The van der Waals surface area contributed by atoms with Crippen LogP contribution >= 0.6 is 15.9 Å². The number of hydrogen-bond donors (Lipinski definition) is 1. The zero-order valence-electron chi connectivity index (χ0n) is 9.51. The van der Waals surface area contributed by atoms with Crippen LogP contribution in [-0.4, -0.2) is 0 Å². The molecule has 2 aromatic rings. The minimum absolute atomic E-state index is 0.0504. The second-order valence-electron chi connectivity index (χ2n) is 3.79. The fourth-order valence-corrected chi connectivity index (χ4v) is 1.70. The Bertz CT molecular complexity index is 602. The normalized spacial score (nSPS) is 10.4. The topological polar surface area (TPSA) is 35.2 Å². The van der Waals surface area contributed by atoms with Crippen LogP contribution in [0.25, 0.3) is 0 Å². The molecule has 0 amide bonds. The van der Waals surface area contributed by atoms with E-state index in [1.54, 1.807) is 18.2 Å². The lowest BCUT2D eigenvalue weighted by Crippen LogP contribution is -1.98. The minimum Gasteiger partial charge on any atom is -0.452 e. The van der Waals surface area contributed by atoms with Crippen molar-refractivity contribution >= 4 is 21.6 Å². The highest BCUT2D eigenvalue weighted by Gasteiger charge is 2.14. The highest BCUT2D eigenvalue weighted by molar-refractivity contribution is 9.10. The maximum Gasteiger partial charge on any atom is 0.203 e. The summed E-state index contributed by atoms with van der Waals surface area (Å²) in [6.07, 6.45) is 0. The van der Waals surface area contributed by atoms with Gasteiger partial charge in [-0.2, -0.15) is 4.39 Å². The molecule has 0 radical (unpaired) electrons. The van der Waals surface area contributed by atoms with Crippen molar-refractivity contribution in [3.8, 4) is 11.5 Å². The predicted octanol–water partition coefficient (Wildman–Crippen LogP) is 4.41. The molecule has 94 valence electrons. The molecule has 18 heavy (non-hydrogen) atoms. The van der Waals surface area contributed by atoms with Crippen molar-refractivity contribution in [2.75, 3.05) is 5.73 Å². The molecule has 2 nitrogen and oxygen atoms in total. The summed E-state index contributed by atoms with van der Waals surface area (Å²) in [6, 6.07) is 7.33. The average Bonchev–Trinajstić information content (AvgIpc) is 2.34. The molecular formula is C13H10BrF2NO. The van der Waals surface area contributed by atoms with Gasteiger partial charge in [0.25, 0.3) is 0 Å². The van der Waals surface area contributed by atoms with Crippen LogP contribution in [0, 0.1) is 18.6 Å². The van der Waals surface area contributed by atoms with Crippen molar-refractivity contribution in [3.63, 3.8) is 0 Å². The first-order valence-electron chi connectivity index (χ1n) is 5.16. The second kappa shape index (κ2) is 4.94. The summed E-state index contributed by atoms with van der Waals surface area (Å²) in [5.41, 5.74) is 6.53. The van der Waals surface area contributed by atoms with Gasteiger partial charge in [0.2, 0.25) is 5.82 Å². The van der Waals surface area contributed by atoms with Gasteiger partial charge in [-0.15, -0.1) is 0 Å². The van der Waals surface area contributed by atoms with Gasteiger partial charge in [-0.25, -0.2) is 4.39 Å². The van der Waals surface area contributed by atoms with Gasteiger partial charge in [-0.1, -0.05) is 15.9 Å². The Labute approximate surface area is 112 Å². The number of aryl methyl sites for hydroxylation is 1. The third kappa shape index (κ3) is 2.46. The van der Waals surface area contributed by atoms with Gasteiger partial charge in [-0.3, -0.25) is 0 Å². The quantitative estimate of drug-likeness (QED) is 0.833. The number of hydrogen-bond acceptors (Lipinski definition) is 2. The van der Waals surface area contributed by atoms with Crippen molar-refractivity contribution in [2.45, 2.75) is 6.92 Å². The molecular weight excluding hydrogens is 304 g/mol. The maximum absolute atomic E-state index is 13.5. The van der Waals surface area contributed by atoms with Gasteiger partial charge >= 0.3 is 0 Å². The smallest absolute Gasteiger partial charge is 0.203 e. The fraction of sp³-hybridized carbons (Fsp3) is 0.0769. The molecule has 0 bridgehead atoms. The Kier molecular flexibility index (Phi) is 3.52. The van der Waals surface area contributed by atoms with E-state index in [4.69, 9.17) is 10.5 Å². The summed E-state index contributed by atoms with van der Waals surface area (Å²) in [4.78, 5) is 0. The summed E-state index contributed by atoms with van der Waals surface area (Å²) >= 11 is 3.34. The summed E-state index contributed by atoms with van der Waals surface area (Å²) in [7, 11) is 0. The molecule has 0 aliphatic heterocycles. The van der Waals surface area contributed by atoms with E-state index in [0.717, 1.165) is 16.1 Å². The Morgan fingerprint density at radius 3 is 2.56 bits per heavy atom. The monoisotopic (exact) mass is 313 g/mol. The molecule has 0 atom stereocenters.